The van der Waals surface area contributed by atoms with E-state index < -0.39 is 11.0 Å². The molecule has 23 heavy (non-hydrogen) atoms. The number of nitrogens with zero attached hydrogens (tertiary/aromatic N) is 3. The van der Waals surface area contributed by atoms with E-state index in [0.717, 1.165) is 31.2 Å². The molecule has 0 N–H and O–H groups in total. The lowest BCUT2D eigenvalue weighted by atomic mass is 9.65. The van der Waals surface area contributed by atoms with Crippen LogP contribution < -0.4 is 0 Å². The maximum atomic E-state index is 12.0. The minimum Gasteiger partial charge on any atom is -0.388 e. The van der Waals surface area contributed by atoms with Crippen LogP contribution in [0.1, 0.15) is 37.7 Å². The van der Waals surface area contributed by atoms with Crippen LogP contribution in [0.2, 0.25) is 0 Å². The summed E-state index contributed by atoms with van der Waals surface area (Å²) in [4.78, 5) is 19.2. The molecule has 0 radical (unpaired) electrons. The standard InChI is InChI=1S/C18H21N3O2/c1-21(2)16(22)15-12-18(23-20-15)10-8-17(13-19,9-11-18)14-6-4-3-5-7-14/h3-7H,8-12H2,1-2H3. The Balaban J connectivity index is 1.72. The highest BCUT2D eigenvalue weighted by molar-refractivity contribution is 6.39. The van der Waals surface area contributed by atoms with Gasteiger partial charge in [-0.25, -0.2) is 0 Å². The Morgan fingerprint density at radius 3 is 2.43 bits per heavy atom. The molecule has 1 aliphatic carbocycles. The van der Waals surface area contributed by atoms with Gasteiger partial charge in [0.1, 0.15) is 11.3 Å². The molecule has 1 aromatic rings. The molecule has 2 aliphatic rings. The summed E-state index contributed by atoms with van der Waals surface area (Å²) in [5, 5.41) is 13.8. The zero-order chi connectivity index (χ0) is 16.5. The highest BCUT2D eigenvalue weighted by Gasteiger charge is 2.49. The lowest BCUT2D eigenvalue weighted by molar-refractivity contribution is -0.121. The van der Waals surface area contributed by atoms with Crippen LogP contribution in [0.15, 0.2) is 35.5 Å². The number of rotatable bonds is 2. The third kappa shape index (κ3) is 2.70. The average Bonchev–Trinajstić information content (AvgIpc) is 3.00. The van der Waals surface area contributed by atoms with Crippen LogP contribution in [0.3, 0.4) is 0 Å². The van der Waals surface area contributed by atoms with Crippen molar-refractivity contribution < 1.29 is 9.63 Å². The molecule has 5 heteroatoms. The van der Waals surface area contributed by atoms with Gasteiger partial charge in [-0.2, -0.15) is 5.26 Å². The predicted octanol–water partition coefficient (Wildman–Crippen LogP) is 2.63. The quantitative estimate of drug-likeness (QED) is 0.843. The highest BCUT2D eigenvalue weighted by Crippen LogP contribution is 2.47. The molecule has 1 spiro atoms. The molecule has 0 atom stereocenters. The van der Waals surface area contributed by atoms with Crippen molar-refractivity contribution in [3.63, 3.8) is 0 Å². The second-order valence-electron chi connectivity index (χ2n) is 6.75. The van der Waals surface area contributed by atoms with Crippen LogP contribution in [0, 0.1) is 11.3 Å². The fourth-order valence-corrected chi connectivity index (χ4v) is 3.52. The Morgan fingerprint density at radius 1 is 1.22 bits per heavy atom. The molecule has 1 aliphatic heterocycles. The molecular weight excluding hydrogens is 290 g/mol. The molecule has 1 fully saturated rings. The molecule has 0 saturated heterocycles. The Bertz CT molecular complexity index is 665. The van der Waals surface area contributed by atoms with Crippen molar-refractivity contribution in [2.75, 3.05) is 14.1 Å². The fourth-order valence-electron chi connectivity index (χ4n) is 3.52. The Labute approximate surface area is 136 Å². The second-order valence-corrected chi connectivity index (χ2v) is 6.75. The van der Waals surface area contributed by atoms with Crippen molar-refractivity contribution in [1.29, 1.82) is 5.26 Å². The number of nitriles is 1. The molecule has 0 aromatic heterocycles. The summed E-state index contributed by atoms with van der Waals surface area (Å²) in [6, 6.07) is 12.5. The van der Waals surface area contributed by atoms with E-state index in [9.17, 15) is 10.1 Å². The first-order valence-corrected chi connectivity index (χ1v) is 7.94. The first-order chi connectivity index (χ1) is 11.0. The number of hydrogen-bond acceptors (Lipinski definition) is 4. The molecule has 0 bridgehead atoms. The van der Waals surface area contributed by atoms with E-state index in [2.05, 4.69) is 11.2 Å². The maximum absolute atomic E-state index is 12.0. The monoisotopic (exact) mass is 311 g/mol. The summed E-state index contributed by atoms with van der Waals surface area (Å²) in [5.74, 6) is -0.0953. The van der Waals surface area contributed by atoms with Crippen molar-refractivity contribution in [2.45, 2.75) is 43.1 Å². The normalized spacial score (nSPS) is 29.5. The Hall–Kier alpha value is -2.35. The van der Waals surface area contributed by atoms with Gasteiger partial charge in [0.05, 0.1) is 11.5 Å². The molecule has 1 aromatic carbocycles. The average molecular weight is 311 g/mol. The molecular formula is C18H21N3O2. The van der Waals surface area contributed by atoms with Gasteiger partial charge in [-0.3, -0.25) is 4.79 Å². The van der Waals surface area contributed by atoms with E-state index in [1.54, 1.807) is 14.1 Å². The molecule has 120 valence electrons. The minimum absolute atomic E-state index is 0.0953. The van der Waals surface area contributed by atoms with Gasteiger partial charge in [-0.05, 0) is 31.2 Å². The molecule has 1 amide bonds. The van der Waals surface area contributed by atoms with Gasteiger partial charge in [0.25, 0.3) is 5.91 Å². The summed E-state index contributed by atoms with van der Waals surface area (Å²) < 4.78 is 0. The molecule has 5 nitrogen and oxygen atoms in total. The largest absolute Gasteiger partial charge is 0.388 e. The van der Waals surface area contributed by atoms with Crippen molar-refractivity contribution in [2.24, 2.45) is 5.16 Å². The van der Waals surface area contributed by atoms with E-state index in [-0.39, 0.29) is 5.91 Å². The molecule has 1 heterocycles. The number of carbonyl (C=O) groups excluding carboxylic acids is 1. The maximum Gasteiger partial charge on any atom is 0.271 e. The van der Waals surface area contributed by atoms with Crippen LogP contribution in [0.4, 0.5) is 0 Å². The zero-order valence-electron chi connectivity index (χ0n) is 13.6. The van der Waals surface area contributed by atoms with Crippen molar-refractivity contribution >= 4 is 11.6 Å². The summed E-state index contributed by atoms with van der Waals surface area (Å²) >= 11 is 0. The first kappa shape index (κ1) is 15.5. The van der Waals surface area contributed by atoms with Crippen LogP contribution in [-0.4, -0.2) is 36.2 Å². The zero-order valence-corrected chi connectivity index (χ0v) is 13.6. The van der Waals surface area contributed by atoms with Crippen LogP contribution in [-0.2, 0) is 15.0 Å². The number of oxime groups is 1. The van der Waals surface area contributed by atoms with Crippen LogP contribution in [0.5, 0.6) is 0 Å². The van der Waals surface area contributed by atoms with Gasteiger partial charge in [0.15, 0.2) is 0 Å². The summed E-state index contributed by atoms with van der Waals surface area (Å²) in [6.07, 6.45) is 3.48. The number of carbonyl (C=O) groups is 1. The van der Waals surface area contributed by atoms with Crippen LogP contribution in [0.25, 0.3) is 0 Å². The van der Waals surface area contributed by atoms with Crippen molar-refractivity contribution in [1.82, 2.24) is 4.90 Å². The minimum atomic E-state index is -0.454. The summed E-state index contributed by atoms with van der Waals surface area (Å²) in [7, 11) is 3.43. The Morgan fingerprint density at radius 2 is 1.87 bits per heavy atom. The van der Waals surface area contributed by atoms with E-state index in [1.165, 1.54) is 4.90 Å². The fraction of sp³-hybridized carbons (Fsp3) is 0.500. The van der Waals surface area contributed by atoms with E-state index in [0.29, 0.717) is 12.1 Å². The van der Waals surface area contributed by atoms with Gasteiger partial charge < -0.3 is 9.74 Å². The van der Waals surface area contributed by atoms with Gasteiger partial charge in [-0.1, -0.05) is 35.5 Å². The predicted molar refractivity (Wildman–Crippen MR) is 86.8 cm³/mol. The third-order valence-electron chi connectivity index (χ3n) is 5.05. The van der Waals surface area contributed by atoms with Gasteiger partial charge in [-0.15, -0.1) is 0 Å². The van der Waals surface area contributed by atoms with Gasteiger partial charge in [0, 0.05) is 20.5 Å². The second kappa shape index (κ2) is 5.69. The van der Waals surface area contributed by atoms with Crippen molar-refractivity contribution in [3.8, 4) is 6.07 Å². The first-order valence-electron chi connectivity index (χ1n) is 7.94. The summed E-state index contributed by atoms with van der Waals surface area (Å²) in [6.45, 7) is 0. The summed E-state index contributed by atoms with van der Waals surface area (Å²) in [5.41, 5.74) is 0.695. The lowest BCUT2D eigenvalue weighted by Gasteiger charge is -2.39. The molecule has 1 saturated carbocycles. The van der Waals surface area contributed by atoms with Gasteiger partial charge in [0.2, 0.25) is 0 Å². The Kier molecular flexibility index (Phi) is 3.85. The number of benzene rings is 1. The number of hydrogen-bond donors (Lipinski definition) is 0. The van der Waals surface area contributed by atoms with Crippen LogP contribution >= 0.6 is 0 Å². The lowest BCUT2D eigenvalue weighted by Crippen LogP contribution is -2.42. The third-order valence-corrected chi connectivity index (χ3v) is 5.05. The van der Waals surface area contributed by atoms with Crippen molar-refractivity contribution in [3.05, 3.63) is 35.9 Å². The topological polar surface area (TPSA) is 65.7 Å². The smallest absolute Gasteiger partial charge is 0.271 e. The van der Waals surface area contributed by atoms with E-state index in [4.69, 9.17) is 4.84 Å². The SMILES string of the molecule is CN(C)C(=O)C1=NOC2(CCC(C#N)(c3ccccc3)CC2)C1. The molecule has 0 unspecified atom stereocenters. The van der Waals surface area contributed by atoms with E-state index >= 15 is 0 Å². The highest BCUT2D eigenvalue weighted by atomic mass is 16.7. The van der Waals surface area contributed by atoms with E-state index in [1.807, 2.05) is 30.3 Å². The number of amides is 1. The van der Waals surface area contributed by atoms with Gasteiger partial charge >= 0.3 is 0 Å². The molecule has 3 rings (SSSR count).